The number of thiazole rings is 1. The van der Waals surface area contributed by atoms with Crippen molar-refractivity contribution in [2.75, 3.05) is 20.2 Å². The number of pyridine rings is 1. The molecule has 2 aliphatic heterocycles. The average molecular weight is 544 g/mol. The number of aliphatic hydroxyl groups is 1. The van der Waals surface area contributed by atoms with Gasteiger partial charge in [-0.3, -0.25) is 9.98 Å². The summed E-state index contributed by atoms with van der Waals surface area (Å²) in [5.41, 5.74) is 0.685. The van der Waals surface area contributed by atoms with Crippen LogP contribution in [-0.2, 0) is 25.2 Å². The number of methoxy groups -OCH3 is 1. The van der Waals surface area contributed by atoms with E-state index >= 15 is 0 Å². The summed E-state index contributed by atoms with van der Waals surface area (Å²) in [4.78, 5) is 27.7. The van der Waals surface area contributed by atoms with Crippen molar-refractivity contribution in [2.24, 2.45) is 16.8 Å². The standard InChI is InChI=1S/C25H29N5O5S2/c1-35-24(31)18-13-28-22(23-27-8-9-36-23)30-14-17(10-19(18)30)29-37(33,34)21-15-5-6-16(21)12-25(32,11-15)20-4-2-3-7-26-20/h2-4,7-9,15-17,21,29,32H,5-6,10-14H2,1H3. The normalized spacial score (nSPS) is 31.3. The van der Waals surface area contributed by atoms with Crippen molar-refractivity contribution in [1.29, 1.82) is 0 Å². The molecule has 4 aliphatic rings. The topological polar surface area (TPSA) is 134 Å². The molecule has 3 atom stereocenters. The smallest absolute Gasteiger partial charge is 0.337 e. The molecule has 2 aliphatic carbocycles. The number of aromatic nitrogens is 2. The molecule has 1 saturated heterocycles. The maximum absolute atomic E-state index is 13.8. The number of aliphatic imine (C=N–C) groups is 1. The zero-order valence-corrected chi connectivity index (χ0v) is 22.0. The van der Waals surface area contributed by atoms with Crippen LogP contribution in [0.15, 0.2) is 52.2 Å². The van der Waals surface area contributed by atoms with Crippen LogP contribution in [0.2, 0.25) is 0 Å². The van der Waals surface area contributed by atoms with E-state index in [1.54, 1.807) is 12.4 Å². The third-order valence-electron chi connectivity index (χ3n) is 8.08. The van der Waals surface area contributed by atoms with Crippen LogP contribution in [0.25, 0.3) is 0 Å². The first-order valence-corrected chi connectivity index (χ1v) is 14.9. The molecular formula is C25H29N5O5S2. The zero-order valence-electron chi connectivity index (χ0n) is 20.4. The number of sulfonamides is 1. The number of nitrogens with zero attached hydrogens (tertiary/aromatic N) is 4. The van der Waals surface area contributed by atoms with Gasteiger partial charge in [0.05, 0.1) is 30.2 Å². The number of esters is 1. The lowest BCUT2D eigenvalue weighted by molar-refractivity contribution is -0.136. The van der Waals surface area contributed by atoms with Crippen molar-refractivity contribution in [3.63, 3.8) is 0 Å². The van der Waals surface area contributed by atoms with E-state index in [2.05, 4.69) is 19.7 Å². The number of hydrogen-bond acceptors (Lipinski definition) is 10. The number of fused-ring (bicyclic) bond motifs is 3. The van der Waals surface area contributed by atoms with Crippen LogP contribution in [0.1, 0.15) is 42.8 Å². The van der Waals surface area contributed by atoms with Gasteiger partial charge >= 0.3 is 5.97 Å². The van der Waals surface area contributed by atoms with Gasteiger partial charge in [0.15, 0.2) is 10.8 Å². The van der Waals surface area contributed by atoms with Gasteiger partial charge in [0.25, 0.3) is 0 Å². The number of rotatable bonds is 6. The van der Waals surface area contributed by atoms with Crippen molar-refractivity contribution in [3.8, 4) is 0 Å². The highest BCUT2D eigenvalue weighted by Crippen LogP contribution is 2.52. The average Bonchev–Trinajstić information content (AvgIpc) is 3.62. The summed E-state index contributed by atoms with van der Waals surface area (Å²) in [5.74, 6) is -0.101. The fourth-order valence-electron chi connectivity index (χ4n) is 6.66. The number of amidine groups is 1. The highest BCUT2D eigenvalue weighted by atomic mass is 32.2. The predicted octanol–water partition coefficient (Wildman–Crippen LogP) is 1.80. The van der Waals surface area contributed by atoms with E-state index in [0.29, 0.717) is 42.9 Å². The van der Waals surface area contributed by atoms with E-state index in [0.717, 1.165) is 23.5 Å². The van der Waals surface area contributed by atoms with Crippen LogP contribution in [0, 0.1) is 11.8 Å². The first-order valence-electron chi connectivity index (χ1n) is 12.5. The lowest BCUT2D eigenvalue weighted by Gasteiger charge is -2.40. The second-order valence-corrected chi connectivity index (χ2v) is 13.0. The molecule has 6 rings (SSSR count). The van der Waals surface area contributed by atoms with Crippen LogP contribution in [0.3, 0.4) is 0 Å². The number of carbonyl (C=O) groups excluding carboxylic acids is 1. The zero-order chi connectivity index (χ0) is 25.8. The molecule has 0 aromatic carbocycles. The summed E-state index contributed by atoms with van der Waals surface area (Å²) < 4.78 is 35.5. The third-order valence-corrected chi connectivity index (χ3v) is 11.0. The summed E-state index contributed by atoms with van der Waals surface area (Å²) in [6.07, 6.45) is 6.01. The highest BCUT2D eigenvalue weighted by Gasteiger charge is 2.55. The monoisotopic (exact) mass is 543 g/mol. The lowest BCUT2D eigenvalue weighted by atomic mass is 9.75. The summed E-state index contributed by atoms with van der Waals surface area (Å²) in [5, 5.41) is 13.4. The van der Waals surface area contributed by atoms with Crippen molar-refractivity contribution in [3.05, 3.63) is 57.9 Å². The van der Waals surface area contributed by atoms with E-state index in [1.165, 1.54) is 18.4 Å². The van der Waals surface area contributed by atoms with Gasteiger partial charge in [-0.25, -0.2) is 22.9 Å². The summed E-state index contributed by atoms with van der Waals surface area (Å²) in [7, 11) is -2.36. The van der Waals surface area contributed by atoms with Crippen molar-refractivity contribution in [2.45, 2.75) is 49.0 Å². The molecule has 2 aromatic rings. The molecule has 2 N–H and O–H groups in total. The van der Waals surface area contributed by atoms with Crippen LogP contribution in [0.4, 0.5) is 0 Å². The quantitative estimate of drug-likeness (QED) is 0.527. The fraction of sp³-hybridized carbons (Fsp3) is 0.520. The van der Waals surface area contributed by atoms with Gasteiger partial charge in [0, 0.05) is 42.5 Å². The summed E-state index contributed by atoms with van der Waals surface area (Å²) >= 11 is 1.45. The van der Waals surface area contributed by atoms with Gasteiger partial charge in [-0.2, -0.15) is 0 Å². The Morgan fingerprint density at radius 3 is 2.65 bits per heavy atom. The second-order valence-electron chi connectivity index (χ2n) is 10.3. The molecule has 37 heavy (non-hydrogen) atoms. The molecule has 3 unspecified atom stereocenters. The Hall–Kier alpha value is -2.67. The third kappa shape index (κ3) is 4.29. The molecular weight excluding hydrogens is 514 g/mol. The van der Waals surface area contributed by atoms with E-state index in [-0.39, 0.29) is 18.4 Å². The molecule has 0 amide bonds. The Labute approximate surface area is 219 Å². The van der Waals surface area contributed by atoms with Crippen LogP contribution >= 0.6 is 11.3 Å². The van der Waals surface area contributed by atoms with Gasteiger partial charge in [-0.15, -0.1) is 11.3 Å². The second kappa shape index (κ2) is 9.26. The Morgan fingerprint density at radius 2 is 2.00 bits per heavy atom. The van der Waals surface area contributed by atoms with Crippen molar-refractivity contribution < 1.29 is 23.1 Å². The SMILES string of the molecule is COC(=O)C1=C2CC(NS(=O)(=O)C3C4CCC3CC(O)(c3ccccn3)C4)CN2C(c2nccs2)=NC1. The molecule has 3 fully saturated rings. The van der Waals surface area contributed by atoms with Crippen LogP contribution in [0.5, 0.6) is 0 Å². The summed E-state index contributed by atoms with van der Waals surface area (Å²) in [6.45, 7) is 0.527. The summed E-state index contributed by atoms with van der Waals surface area (Å²) in [6, 6.07) is 5.05. The Balaban J connectivity index is 1.23. The Bertz CT molecular complexity index is 1350. The first kappa shape index (κ1) is 24.7. The first-order chi connectivity index (χ1) is 17.8. The van der Waals surface area contributed by atoms with Gasteiger partial charge < -0.3 is 14.7 Å². The minimum Gasteiger partial charge on any atom is -0.466 e. The number of ether oxygens (including phenoxy) is 1. The van der Waals surface area contributed by atoms with Gasteiger partial charge in [-0.1, -0.05) is 6.07 Å². The predicted molar refractivity (Wildman–Crippen MR) is 137 cm³/mol. The van der Waals surface area contributed by atoms with Crippen molar-refractivity contribution >= 4 is 33.2 Å². The van der Waals surface area contributed by atoms with Gasteiger partial charge in [0.1, 0.15) is 5.60 Å². The molecule has 2 saturated carbocycles. The number of nitrogens with one attached hydrogen (secondary N) is 1. The van der Waals surface area contributed by atoms with Crippen LogP contribution < -0.4 is 4.72 Å². The number of carbonyl (C=O) groups is 1. The molecule has 0 radical (unpaired) electrons. The Morgan fingerprint density at radius 1 is 1.22 bits per heavy atom. The van der Waals surface area contributed by atoms with Gasteiger partial charge in [-0.05, 0) is 49.7 Å². The van der Waals surface area contributed by atoms with Crippen molar-refractivity contribution in [1.82, 2.24) is 19.6 Å². The minimum absolute atomic E-state index is 0.149. The Kier molecular flexibility index (Phi) is 6.17. The maximum Gasteiger partial charge on any atom is 0.337 e. The maximum atomic E-state index is 13.8. The van der Waals surface area contributed by atoms with E-state index in [1.807, 2.05) is 28.5 Å². The molecule has 2 aromatic heterocycles. The minimum atomic E-state index is -3.69. The molecule has 196 valence electrons. The van der Waals surface area contributed by atoms with Gasteiger partial charge in [0.2, 0.25) is 10.0 Å². The number of hydrogen-bond donors (Lipinski definition) is 2. The highest BCUT2D eigenvalue weighted by molar-refractivity contribution is 7.90. The molecule has 12 heteroatoms. The van der Waals surface area contributed by atoms with Crippen LogP contribution in [-0.4, -0.2) is 71.7 Å². The fourth-order valence-corrected chi connectivity index (χ4v) is 9.57. The van der Waals surface area contributed by atoms with E-state index < -0.39 is 32.9 Å². The molecule has 4 heterocycles. The molecule has 2 bridgehead atoms. The molecule has 10 nitrogen and oxygen atoms in total. The lowest BCUT2D eigenvalue weighted by Crippen LogP contribution is -2.51. The van der Waals surface area contributed by atoms with E-state index in [9.17, 15) is 18.3 Å². The molecule has 0 spiro atoms. The largest absolute Gasteiger partial charge is 0.466 e. The van der Waals surface area contributed by atoms with E-state index in [4.69, 9.17) is 4.74 Å².